The van der Waals surface area contributed by atoms with E-state index in [9.17, 15) is 9.59 Å². The molecule has 0 aliphatic carbocycles. The van der Waals surface area contributed by atoms with Gasteiger partial charge >= 0.3 is 0 Å². The number of thiazole rings is 1. The molecule has 1 fully saturated rings. The van der Waals surface area contributed by atoms with Crippen LogP contribution in [0.1, 0.15) is 61.1 Å². The highest BCUT2D eigenvalue weighted by molar-refractivity contribution is 7.13. The number of aromatic amines is 1. The van der Waals surface area contributed by atoms with E-state index in [-0.39, 0.29) is 16.5 Å². The minimum absolute atomic E-state index is 0.183. The van der Waals surface area contributed by atoms with E-state index >= 15 is 0 Å². The smallest absolute Gasteiger partial charge is 0.267 e. The number of nitrogens with one attached hydrogen (secondary N) is 1. The zero-order chi connectivity index (χ0) is 29.5. The van der Waals surface area contributed by atoms with Crippen LogP contribution in [0.3, 0.4) is 0 Å². The molecule has 4 aromatic rings. The van der Waals surface area contributed by atoms with Crippen molar-refractivity contribution in [3.63, 3.8) is 0 Å². The fraction of sp³-hybridized carbons (Fsp3) is 0.464. The third-order valence-corrected chi connectivity index (χ3v) is 7.97. The number of quaternary nitrogens is 1. The lowest BCUT2D eigenvalue weighted by atomic mass is 9.93. The number of hydrogen-bond donors (Lipinski definition) is 2. The van der Waals surface area contributed by atoms with Crippen LogP contribution in [0.25, 0.3) is 28.5 Å². The molecule has 1 amide bonds. The molecule has 1 atom stereocenters. The number of H-pyrrole nitrogens is 1. The third-order valence-electron chi connectivity index (χ3n) is 7.10. The number of pyridine rings is 1. The highest BCUT2D eigenvalue weighted by Gasteiger charge is 2.29. The van der Waals surface area contributed by atoms with Gasteiger partial charge in [0.25, 0.3) is 5.56 Å². The first-order chi connectivity index (χ1) is 19.3. The van der Waals surface area contributed by atoms with Gasteiger partial charge in [-0.3, -0.25) is 14.0 Å². The summed E-state index contributed by atoms with van der Waals surface area (Å²) in [4.78, 5) is 38.8. The molecule has 1 unspecified atom stereocenters. The molecule has 5 heterocycles. The number of piperidine rings is 1. The van der Waals surface area contributed by atoms with E-state index in [1.54, 1.807) is 24.3 Å². The lowest BCUT2D eigenvalue weighted by Crippen LogP contribution is -2.46. The van der Waals surface area contributed by atoms with Gasteiger partial charge in [0.15, 0.2) is 5.82 Å². The number of carbonyl (C=O) groups is 1. The van der Waals surface area contributed by atoms with Crippen LogP contribution in [0.5, 0.6) is 0 Å². The van der Waals surface area contributed by atoms with Crippen molar-refractivity contribution in [3.8, 4) is 10.7 Å². The number of rotatable bonds is 7. The van der Waals surface area contributed by atoms with E-state index in [4.69, 9.17) is 15.7 Å². The number of carbonyl (C=O) groups excluding carboxylic acids is 1. The topological polar surface area (TPSA) is 148 Å². The fourth-order valence-corrected chi connectivity index (χ4v) is 6.31. The van der Waals surface area contributed by atoms with Gasteiger partial charge in [-0.2, -0.15) is 5.21 Å². The van der Waals surface area contributed by atoms with Crippen LogP contribution in [0.4, 0.5) is 5.82 Å². The molecule has 0 radical (unpaired) electrons. The zero-order valence-corrected chi connectivity index (χ0v) is 25.2. The summed E-state index contributed by atoms with van der Waals surface area (Å²) in [6, 6.07) is 3.20. The van der Waals surface area contributed by atoms with E-state index < -0.39 is 5.91 Å². The largest absolute Gasteiger partial charge is 0.366 e. The number of nitrogens with zero attached hydrogens (tertiary/aromatic N) is 8. The molecule has 4 aromatic heterocycles. The summed E-state index contributed by atoms with van der Waals surface area (Å²) in [5.41, 5.74) is 7.64. The van der Waals surface area contributed by atoms with Crippen LogP contribution in [0.2, 0.25) is 0 Å². The van der Waals surface area contributed by atoms with Gasteiger partial charge < -0.3 is 15.1 Å². The quantitative estimate of drug-likeness (QED) is 0.319. The standard InChI is InChI=1S/C28H36N10O2S/c1-28(2,3)21-16-41-26(30-21)20-12-18(24(29)39)13-23-31-25(36-11-7-8-17(14-36)15-38(4,5)6)19(27(40)37(20)23)9-10-22-32-34-35-33-22/h9-10,12-13,16-17H,7-8,11,14-15H2,1-6H3,(H2-,29,30,32,33,34,35,39)/p+1. The van der Waals surface area contributed by atoms with Crippen molar-refractivity contribution in [2.45, 2.75) is 39.0 Å². The van der Waals surface area contributed by atoms with Gasteiger partial charge in [0.2, 0.25) is 5.91 Å². The molecule has 1 aliphatic rings. The monoisotopic (exact) mass is 577 g/mol. The molecule has 41 heavy (non-hydrogen) atoms. The molecule has 5 rings (SSSR count). The van der Waals surface area contributed by atoms with Gasteiger partial charge in [-0.1, -0.05) is 20.8 Å². The summed E-state index contributed by atoms with van der Waals surface area (Å²) in [6.07, 6.45) is 5.44. The highest BCUT2D eigenvalue weighted by atomic mass is 32.1. The summed E-state index contributed by atoms with van der Waals surface area (Å²) in [6.45, 7) is 8.78. The zero-order valence-electron chi connectivity index (χ0n) is 24.4. The van der Waals surface area contributed by atoms with Gasteiger partial charge in [-0.25, -0.2) is 9.97 Å². The Labute approximate surface area is 242 Å². The lowest BCUT2D eigenvalue weighted by molar-refractivity contribution is -0.873. The Kier molecular flexibility index (Phi) is 7.51. The average Bonchev–Trinajstić information content (AvgIpc) is 3.59. The Morgan fingerprint density at radius 3 is 2.63 bits per heavy atom. The highest BCUT2D eigenvalue weighted by Crippen LogP contribution is 2.32. The van der Waals surface area contributed by atoms with Crippen LogP contribution < -0.4 is 16.2 Å². The van der Waals surface area contributed by atoms with E-state index in [1.165, 1.54) is 15.7 Å². The number of amides is 1. The van der Waals surface area contributed by atoms with Crippen molar-refractivity contribution in [2.75, 3.05) is 45.7 Å². The van der Waals surface area contributed by atoms with Gasteiger partial charge in [0.1, 0.15) is 16.5 Å². The second-order valence-electron chi connectivity index (χ2n) is 12.7. The van der Waals surface area contributed by atoms with Gasteiger partial charge in [0, 0.05) is 35.4 Å². The summed E-state index contributed by atoms with van der Waals surface area (Å²) in [7, 11) is 6.57. The van der Waals surface area contributed by atoms with Crippen molar-refractivity contribution in [1.29, 1.82) is 0 Å². The maximum atomic E-state index is 14.4. The molecule has 13 heteroatoms. The Morgan fingerprint density at radius 2 is 2.00 bits per heavy atom. The first-order valence-corrected chi connectivity index (χ1v) is 14.5. The predicted molar refractivity (Wildman–Crippen MR) is 161 cm³/mol. The van der Waals surface area contributed by atoms with Crippen molar-refractivity contribution in [2.24, 2.45) is 11.7 Å². The number of fused-ring (bicyclic) bond motifs is 1. The second-order valence-corrected chi connectivity index (χ2v) is 13.5. The van der Waals surface area contributed by atoms with Crippen molar-refractivity contribution in [1.82, 2.24) is 35.0 Å². The molecule has 12 nitrogen and oxygen atoms in total. The van der Waals surface area contributed by atoms with Crippen molar-refractivity contribution in [3.05, 3.63) is 50.5 Å². The number of primary amides is 1. The maximum Gasteiger partial charge on any atom is 0.267 e. The fourth-order valence-electron chi connectivity index (χ4n) is 5.26. The molecule has 0 saturated carbocycles. The Hall–Kier alpha value is -3.97. The molecule has 3 N–H and O–H groups in total. The number of aromatic nitrogens is 7. The Balaban J connectivity index is 1.73. The minimum Gasteiger partial charge on any atom is -0.366 e. The number of tetrazole rings is 1. The summed E-state index contributed by atoms with van der Waals surface area (Å²) in [5.74, 6) is 0.750. The molecule has 0 bridgehead atoms. The van der Waals surface area contributed by atoms with Crippen LogP contribution >= 0.6 is 11.3 Å². The summed E-state index contributed by atoms with van der Waals surface area (Å²) < 4.78 is 2.37. The molecule has 0 spiro atoms. The van der Waals surface area contributed by atoms with Gasteiger partial charge in [-0.15, -0.1) is 21.5 Å². The first-order valence-electron chi connectivity index (χ1n) is 13.6. The lowest BCUT2D eigenvalue weighted by Gasteiger charge is -2.37. The van der Waals surface area contributed by atoms with E-state index in [0.29, 0.717) is 39.5 Å². The predicted octanol–water partition coefficient (Wildman–Crippen LogP) is 2.82. The van der Waals surface area contributed by atoms with E-state index in [1.807, 2.05) is 5.38 Å². The normalized spacial score (nSPS) is 16.6. The molecule has 0 aromatic carbocycles. The third kappa shape index (κ3) is 6.20. The number of hydrogen-bond acceptors (Lipinski definition) is 9. The number of anilines is 1. The van der Waals surface area contributed by atoms with Crippen LogP contribution in [0, 0.1) is 5.92 Å². The Bertz CT molecular complexity index is 1660. The van der Waals surface area contributed by atoms with Crippen LogP contribution in [-0.4, -0.2) is 86.2 Å². The van der Waals surface area contributed by atoms with Crippen molar-refractivity contribution < 1.29 is 9.28 Å². The van der Waals surface area contributed by atoms with Crippen LogP contribution in [0.15, 0.2) is 22.3 Å². The summed E-state index contributed by atoms with van der Waals surface area (Å²) in [5, 5.41) is 16.6. The molecular formula is C28H37N10O2S+. The molecular weight excluding hydrogens is 540 g/mol. The van der Waals surface area contributed by atoms with Crippen LogP contribution in [-0.2, 0) is 5.41 Å². The molecule has 1 aliphatic heterocycles. The minimum atomic E-state index is -0.598. The van der Waals surface area contributed by atoms with Gasteiger partial charge in [-0.05, 0) is 42.3 Å². The molecule has 1 saturated heterocycles. The van der Waals surface area contributed by atoms with E-state index in [2.05, 4.69) is 67.4 Å². The van der Waals surface area contributed by atoms with Crippen molar-refractivity contribution >= 4 is 40.9 Å². The number of nitrogens with two attached hydrogens (primary N) is 1. The van der Waals surface area contributed by atoms with E-state index in [0.717, 1.165) is 42.7 Å². The second kappa shape index (κ2) is 10.8. The maximum absolute atomic E-state index is 14.4. The first kappa shape index (κ1) is 28.6. The van der Waals surface area contributed by atoms with Gasteiger partial charge in [0.05, 0.1) is 44.6 Å². The Morgan fingerprint density at radius 1 is 1.22 bits per heavy atom. The molecule has 216 valence electrons. The summed E-state index contributed by atoms with van der Waals surface area (Å²) >= 11 is 1.42. The average molecular weight is 578 g/mol. The SMILES string of the molecule is CC(C)(C)c1csc(-c2cc(C(N)=O)cc3nc(N4CCCC(C[N+](C)(C)C)C4)c(C=Cc4nn[nH]n4)c(=O)n23)n1.